The van der Waals surface area contributed by atoms with Crippen molar-refractivity contribution in [1.82, 2.24) is 5.32 Å². The number of para-hydroxylation sites is 1. The van der Waals surface area contributed by atoms with Crippen LogP contribution in [0.3, 0.4) is 0 Å². The number of hydrogen-bond donors (Lipinski definition) is 3. The van der Waals surface area contributed by atoms with E-state index in [1.165, 1.54) is 0 Å². The van der Waals surface area contributed by atoms with Crippen LogP contribution in [0.5, 0.6) is 0 Å². The van der Waals surface area contributed by atoms with Crippen molar-refractivity contribution in [3.63, 3.8) is 0 Å². The smallest absolute Gasteiger partial charge is 0.408 e. The quantitative estimate of drug-likeness (QED) is 0.730. The lowest BCUT2D eigenvalue weighted by Crippen LogP contribution is -2.44. The Balaban J connectivity index is 2.74. The topological polar surface area (TPSA) is 102 Å². The van der Waals surface area contributed by atoms with Crippen LogP contribution < -0.4 is 11.1 Å². The van der Waals surface area contributed by atoms with Crippen LogP contribution >= 0.6 is 0 Å². The van der Waals surface area contributed by atoms with Gasteiger partial charge in [-0.2, -0.15) is 0 Å². The van der Waals surface area contributed by atoms with Crippen LogP contribution in [0.25, 0.3) is 0 Å². The molecule has 0 aromatic heterocycles. The molecule has 1 aromatic carbocycles. The summed E-state index contributed by atoms with van der Waals surface area (Å²) in [6.07, 6.45) is -0.666. The van der Waals surface area contributed by atoms with Gasteiger partial charge < -0.3 is 20.9 Å². The molecule has 0 aliphatic heterocycles. The Morgan fingerprint density at radius 2 is 1.95 bits per heavy atom. The zero-order chi connectivity index (χ0) is 15.3. The Bertz CT molecular complexity index is 494. The lowest BCUT2D eigenvalue weighted by molar-refractivity contribution is -0.139. The van der Waals surface area contributed by atoms with Crippen molar-refractivity contribution in [2.45, 2.75) is 38.8 Å². The normalized spacial score (nSPS) is 12.6. The summed E-state index contributed by atoms with van der Waals surface area (Å²) in [6, 6.07) is 5.84. The largest absolute Gasteiger partial charge is 0.480 e. The number of amides is 1. The second-order valence-electron chi connectivity index (χ2n) is 5.44. The summed E-state index contributed by atoms with van der Waals surface area (Å²) in [4.78, 5) is 22.8. The summed E-state index contributed by atoms with van der Waals surface area (Å²) in [5.74, 6) is -1.14. The fourth-order valence-corrected chi connectivity index (χ4v) is 1.59. The highest BCUT2D eigenvalue weighted by Crippen LogP contribution is 2.13. The Labute approximate surface area is 117 Å². The average molecular weight is 280 g/mol. The fraction of sp³-hybridized carbons (Fsp3) is 0.429. The first-order chi connectivity index (χ1) is 9.19. The van der Waals surface area contributed by atoms with Gasteiger partial charge in [0.05, 0.1) is 0 Å². The number of rotatable bonds is 4. The van der Waals surface area contributed by atoms with E-state index in [-0.39, 0.29) is 6.42 Å². The van der Waals surface area contributed by atoms with Crippen molar-refractivity contribution in [2.75, 3.05) is 5.73 Å². The molecule has 1 rings (SSSR count). The minimum atomic E-state index is -1.14. The molecule has 0 spiro atoms. The van der Waals surface area contributed by atoms with Crippen molar-refractivity contribution in [1.29, 1.82) is 0 Å². The molecule has 20 heavy (non-hydrogen) atoms. The highest BCUT2D eigenvalue weighted by Gasteiger charge is 2.24. The van der Waals surface area contributed by atoms with Crippen LogP contribution in [-0.2, 0) is 16.0 Å². The van der Waals surface area contributed by atoms with E-state index < -0.39 is 23.7 Å². The molecule has 1 amide bonds. The Morgan fingerprint density at radius 1 is 1.35 bits per heavy atom. The molecule has 1 atom stereocenters. The van der Waals surface area contributed by atoms with E-state index in [1.54, 1.807) is 45.0 Å². The number of anilines is 1. The van der Waals surface area contributed by atoms with Crippen molar-refractivity contribution >= 4 is 17.7 Å². The van der Waals surface area contributed by atoms with E-state index in [0.717, 1.165) is 0 Å². The molecule has 0 radical (unpaired) electrons. The van der Waals surface area contributed by atoms with Gasteiger partial charge in [0, 0.05) is 12.1 Å². The molecule has 0 fully saturated rings. The van der Waals surface area contributed by atoms with Crippen LogP contribution in [-0.4, -0.2) is 28.8 Å². The summed E-state index contributed by atoms with van der Waals surface area (Å²) in [5, 5.41) is 11.5. The Kier molecular flexibility index (Phi) is 4.96. The molecular formula is C14H20N2O4. The lowest BCUT2D eigenvalue weighted by Gasteiger charge is -2.22. The van der Waals surface area contributed by atoms with Gasteiger partial charge in [0.2, 0.25) is 0 Å². The van der Waals surface area contributed by atoms with Crippen LogP contribution in [0, 0.1) is 0 Å². The maximum atomic E-state index is 11.6. The molecule has 4 N–H and O–H groups in total. The van der Waals surface area contributed by atoms with E-state index in [1.807, 2.05) is 0 Å². The van der Waals surface area contributed by atoms with Crippen LogP contribution in [0.15, 0.2) is 24.3 Å². The summed E-state index contributed by atoms with van der Waals surface area (Å²) in [5.41, 5.74) is 6.24. The summed E-state index contributed by atoms with van der Waals surface area (Å²) >= 11 is 0. The third kappa shape index (κ3) is 5.17. The maximum Gasteiger partial charge on any atom is 0.408 e. The van der Waals surface area contributed by atoms with Crippen LogP contribution in [0.4, 0.5) is 10.5 Å². The van der Waals surface area contributed by atoms with Crippen molar-refractivity contribution in [2.24, 2.45) is 0 Å². The molecule has 0 heterocycles. The SMILES string of the molecule is CC(C)(C)OC(=O)N[C@@H](Cc1ccccc1N)C(=O)O. The molecule has 0 saturated carbocycles. The Morgan fingerprint density at radius 3 is 2.45 bits per heavy atom. The molecule has 0 saturated heterocycles. The minimum absolute atomic E-state index is 0.0985. The van der Waals surface area contributed by atoms with Gasteiger partial charge in [-0.15, -0.1) is 0 Å². The number of alkyl carbamates (subject to hydrolysis) is 1. The second kappa shape index (κ2) is 6.27. The number of carboxylic acid groups (broad SMARTS) is 1. The predicted octanol–water partition coefficient (Wildman–Crippen LogP) is 1.79. The van der Waals surface area contributed by atoms with Crippen molar-refractivity contribution in [3.05, 3.63) is 29.8 Å². The van der Waals surface area contributed by atoms with E-state index >= 15 is 0 Å². The standard InChI is InChI=1S/C14H20N2O4/c1-14(2,3)20-13(19)16-11(12(17)18)8-9-6-4-5-7-10(9)15/h4-7,11H,8,15H2,1-3H3,(H,16,19)(H,17,18)/t11-/m0/s1. The van der Waals surface area contributed by atoms with Crippen molar-refractivity contribution in [3.8, 4) is 0 Å². The molecule has 0 bridgehead atoms. The Hall–Kier alpha value is -2.24. The monoisotopic (exact) mass is 280 g/mol. The number of carbonyl (C=O) groups excluding carboxylic acids is 1. The number of carboxylic acids is 1. The van der Waals surface area contributed by atoms with Crippen LogP contribution in [0.2, 0.25) is 0 Å². The van der Waals surface area contributed by atoms with Crippen LogP contribution in [0.1, 0.15) is 26.3 Å². The first-order valence-electron chi connectivity index (χ1n) is 6.25. The summed E-state index contributed by atoms with van der Waals surface area (Å²) < 4.78 is 5.04. The van der Waals surface area contributed by atoms with Gasteiger partial charge in [0.1, 0.15) is 11.6 Å². The number of benzene rings is 1. The number of ether oxygens (including phenoxy) is 1. The molecule has 0 aliphatic rings. The predicted molar refractivity (Wildman–Crippen MR) is 75.4 cm³/mol. The third-order valence-electron chi connectivity index (χ3n) is 2.47. The lowest BCUT2D eigenvalue weighted by atomic mass is 10.0. The van der Waals surface area contributed by atoms with Gasteiger partial charge >= 0.3 is 12.1 Å². The number of nitrogen functional groups attached to an aromatic ring is 1. The fourth-order valence-electron chi connectivity index (χ4n) is 1.59. The van der Waals surface area contributed by atoms with Gasteiger partial charge in [-0.05, 0) is 32.4 Å². The van der Waals surface area contributed by atoms with Crippen molar-refractivity contribution < 1.29 is 19.4 Å². The van der Waals surface area contributed by atoms with Gasteiger partial charge in [-0.25, -0.2) is 9.59 Å². The first kappa shape index (κ1) is 15.8. The minimum Gasteiger partial charge on any atom is -0.480 e. The van der Waals surface area contributed by atoms with E-state index in [4.69, 9.17) is 15.6 Å². The second-order valence-corrected chi connectivity index (χ2v) is 5.44. The first-order valence-corrected chi connectivity index (χ1v) is 6.25. The third-order valence-corrected chi connectivity index (χ3v) is 2.47. The maximum absolute atomic E-state index is 11.6. The highest BCUT2D eigenvalue weighted by molar-refractivity contribution is 5.80. The molecule has 6 heteroatoms. The molecule has 6 nitrogen and oxygen atoms in total. The molecule has 1 aromatic rings. The number of carbonyl (C=O) groups is 2. The number of nitrogens with two attached hydrogens (primary N) is 1. The zero-order valence-electron chi connectivity index (χ0n) is 11.8. The molecule has 0 aliphatic carbocycles. The molecule has 110 valence electrons. The van der Waals surface area contributed by atoms with E-state index in [0.29, 0.717) is 11.3 Å². The zero-order valence-corrected chi connectivity index (χ0v) is 11.8. The number of aliphatic carboxylic acids is 1. The molecule has 0 unspecified atom stereocenters. The van der Waals surface area contributed by atoms with Gasteiger partial charge in [-0.1, -0.05) is 18.2 Å². The van der Waals surface area contributed by atoms with Gasteiger partial charge in [-0.3, -0.25) is 0 Å². The van der Waals surface area contributed by atoms with Gasteiger partial charge in [0.25, 0.3) is 0 Å². The number of nitrogens with one attached hydrogen (secondary N) is 1. The highest BCUT2D eigenvalue weighted by atomic mass is 16.6. The van der Waals surface area contributed by atoms with E-state index in [2.05, 4.69) is 5.32 Å². The number of hydrogen-bond acceptors (Lipinski definition) is 4. The summed E-state index contributed by atoms with van der Waals surface area (Å²) in [7, 11) is 0. The average Bonchev–Trinajstić information content (AvgIpc) is 2.28. The van der Waals surface area contributed by atoms with E-state index in [9.17, 15) is 9.59 Å². The van der Waals surface area contributed by atoms with Gasteiger partial charge in [0.15, 0.2) is 0 Å². The molecular weight excluding hydrogens is 260 g/mol. The summed E-state index contributed by atoms with van der Waals surface area (Å²) in [6.45, 7) is 5.12.